The molecule has 0 fully saturated rings. The summed E-state index contributed by atoms with van der Waals surface area (Å²) in [7, 11) is -1.92. The molecule has 0 aliphatic carbocycles. The largest absolute Gasteiger partial charge is 0.428 e. The Hall–Kier alpha value is -0.0831. The zero-order chi connectivity index (χ0) is 7.49. The standard InChI is InChI=1S/C7H16OSi/c1-5-6-7(2)9(3,4)8/h6,8H,5H2,1-4H3. The molecular formula is C7H16OSi. The Morgan fingerprint density at radius 1 is 1.56 bits per heavy atom. The lowest BCUT2D eigenvalue weighted by molar-refractivity contribution is 0.561. The number of hydrogen-bond donors (Lipinski definition) is 1. The minimum absolute atomic E-state index is 1.03. The fourth-order valence-electron chi connectivity index (χ4n) is 0.556. The topological polar surface area (TPSA) is 20.2 Å². The summed E-state index contributed by atoms with van der Waals surface area (Å²) in [5, 5.41) is 1.19. The highest BCUT2D eigenvalue weighted by molar-refractivity contribution is 6.77. The van der Waals surface area contributed by atoms with Crippen molar-refractivity contribution in [1.82, 2.24) is 0 Å². The van der Waals surface area contributed by atoms with E-state index in [-0.39, 0.29) is 0 Å². The first kappa shape index (κ1) is 8.92. The van der Waals surface area contributed by atoms with Crippen molar-refractivity contribution < 1.29 is 4.80 Å². The third kappa shape index (κ3) is 3.49. The second-order valence-corrected chi connectivity index (χ2v) is 6.76. The molecule has 0 rings (SSSR count). The third-order valence-corrected chi connectivity index (χ3v) is 3.61. The average molecular weight is 144 g/mol. The van der Waals surface area contributed by atoms with Crippen LogP contribution in [0.2, 0.25) is 13.1 Å². The second kappa shape index (κ2) is 3.18. The van der Waals surface area contributed by atoms with Crippen LogP contribution in [0.1, 0.15) is 20.3 Å². The molecule has 0 aliphatic heterocycles. The van der Waals surface area contributed by atoms with Gasteiger partial charge in [-0.05, 0) is 26.4 Å². The summed E-state index contributed by atoms with van der Waals surface area (Å²) in [5.41, 5.74) is 0. The minimum atomic E-state index is -1.92. The molecule has 0 aromatic heterocycles. The van der Waals surface area contributed by atoms with Gasteiger partial charge in [0, 0.05) is 0 Å². The molecule has 1 N–H and O–H groups in total. The molecular weight excluding hydrogens is 128 g/mol. The van der Waals surface area contributed by atoms with E-state index in [1.165, 1.54) is 5.20 Å². The van der Waals surface area contributed by atoms with Crippen molar-refractivity contribution in [2.24, 2.45) is 0 Å². The summed E-state index contributed by atoms with van der Waals surface area (Å²) >= 11 is 0. The Balaban J connectivity index is 4.03. The molecule has 0 radical (unpaired) electrons. The van der Waals surface area contributed by atoms with Gasteiger partial charge < -0.3 is 4.80 Å². The SMILES string of the molecule is CCC=C(C)[Si](C)(C)O. The maximum atomic E-state index is 9.49. The van der Waals surface area contributed by atoms with Crippen LogP contribution in [0.15, 0.2) is 11.3 Å². The molecule has 0 spiro atoms. The van der Waals surface area contributed by atoms with Crippen LogP contribution in [0.3, 0.4) is 0 Å². The van der Waals surface area contributed by atoms with Gasteiger partial charge in [-0.2, -0.15) is 0 Å². The van der Waals surface area contributed by atoms with E-state index in [1.807, 2.05) is 20.0 Å². The van der Waals surface area contributed by atoms with Crippen LogP contribution in [-0.4, -0.2) is 13.1 Å². The Bertz CT molecular complexity index is 111. The zero-order valence-electron chi connectivity index (χ0n) is 6.73. The van der Waals surface area contributed by atoms with E-state index in [0.717, 1.165) is 6.42 Å². The van der Waals surface area contributed by atoms with Crippen LogP contribution < -0.4 is 0 Å². The van der Waals surface area contributed by atoms with Crippen molar-refractivity contribution in [2.45, 2.75) is 33.4 Å². The van der Waals surface area contributed by atoms with Gasteiger partial charge in [-0.3, -0.25) is 0 Å². The molecule has 0 aromatic carbocycles. The minimum Gasteiger partial charge on any atom is -0.428 e. The van der Waals surface area contributed by atoms with Crippen molar-refractivity contribution in [2.75, 3.05) is 0 Å². The smallest absolute Gasteiger partial charge is 0.209 e. The van der Waals surface area contributed by atoms with E-state index in [1.54, 1.807) is 0 Å². The van der Waals surface area contributed by atoms with E-state index in [9.17, 15) is 4.80 Å². The summed E-state index contributed by atoms with van der Waals surface area (Å²) in [5.74, 6) is 0. The maximum Gasteiger partial charge on any atom is 0.209 e. The van der Waals surface area contributed by atoms with Crippen LogP contribution in [0, 0.1) is 0 Å². The maximum absolute atomic E-state index is 9.49. The Morgan fingerprint density at radius 3 is 2.11 bits per heavy atom. The normalized spacial score (nSPS) is 14.1. The van der Waals surface area contributed by atoms with Gasteiger partial charge in [0.25, 0.3) is 0 Å². The van der Waals surface area contributed by atoms with Crippen LogP contribution in [0.5, 0.6) is 0 Å². The predicted octanol–water partition coefficient (Wildman–Crippen LogP) is 2.08. The van der Waals surface area contributed by atoms with E-state index in [0.29, 0.717) is 0 Å². The molecule has 0 heterocycles. The molecule has 0 aromatic rings. The van der Waals surface area contributed by atoms with Crippen molar-refractivity contribution >= 4 is 8.32 Å². The summed E-state index contributed by atoms with van der Waals surface area (Å²) in [6.45, 7) is 7.97. The quantitative estimate of drug-likeness (QED) is 0.588. The number of hydrogen-bond acceptors (Lipinski definition) is 1. The van der Waals surface area contributed by atoms with Crippen molar-refractivity contribution in [1.29, 1.82) is 0 Å². The molecule has 0 saturated carbocycles. The lowest BCUT2D eigenvalue weighted by Gasteiger charge is -2.13. The first-order chi connectivity index (χ1) is 3.98. The monoisotopic (exact) mass is 144 g/mol. The van der Waals surface area contributed by atoms with Gasteiger partial charge in [0.05, 0.1) is 0 Å². The van der Waals surface area contributed by atoms with Gasteiger partial charge >= 0.3 is 0 Å². The molecule has 9 heavy (non-hydrogen) atoms. The van der Waals surface area contributed by atoms with E-state index in [2.05, 4.69) is 13.0 Å². The van der Waals surface area contributed by atoms with Crippen LogP contribution in [-0.2, 0) is 0 Å². The lowest BCUT2D eigenvalue weighted by atomic mass is 10.4. The zero-order valence-corrected chi connectivity index (χ0v) is 7.73. The summed E-state index contributed by atoms with van der Waals surface area (Å²) in [6.07, 6.45) is 3.13. The molecule has 0 unspecified atom stereocenters. The molecule has 54 valence electrons. The molecule has 1 nitrogen and oxygen atoms in total. The Morgan fingerprint density at radius 2 is 2.00 bits per heavy atom. The Kier molecular flexibility index (Phi) is 3.15. The van der Waals surface area contributed by atoms with Gasteiger partial charge in [-0.1, -0.05) is 18.2 Å². The fraction of sp³-hybridized carbons (Fsp3) is 0.714. The highest BCUT2D eigenvalue weighted by Crippen LogP contribution is 2.09. The molecule has 0 aliphatic rings. The average Bonchev–Trinajstić information content (AvgIpc) is 1.64. The van der Waals surface area contributed by atoms with Crippen molar-refractivity contribution in [3.8, 4) is 0 Å². The second-order valence-electron chi connectivity index (χ2n) is 2.85. The molecule has 2 heteroatoms. The van der Waals surface area contributed by atoms with Crippen LogP contribution >= 0.6 is 0 Å². The molecule has 0 amide bonds. The molecule has 0 atom stereocenters. The van der Waals surface area contributed by atoms with Crippen molar-refractivity contribution in [3.63, 3.8) is 0 Å². The lowest BCUT2D eigenvalue weighted by Crippen LogP contribution is -2.26. The molecule has 0 bridgehead atoms. The van der Waals surface area contributed by atoms with Crippen LogP contribution in [0.4, 0.5) is 0 Å². The molecule has 0 saturated heterocycles. The number of rotatable bonds is 2. The van der Waals surface area contributed by atoms with Gasteiger partial charge in [0.2, 0.25) is 8.32 Å². The van der Waals surface area contributed by atoms with Gasteiger partial charge in [0.15, 0.2) is 0 Å². The predicted molar refractivity (Wildman–Crippen MR) is 43.7 cm³/mol. The van der Waals surface area contributed by atoms with Gasteiger partial charge in [0.1, 0.15) is 0 Å². The highest BCUT2D eigenvalue weighted by Gasteiger charge is 2.17. The van der Waals surface area contributed by atoms with Gasteiger partial charge in [-0.25, -0.2) is 0 Å². The first-order valence-corrected chi connectivity index (χ1v) is 6.32. The summed E-state index contributed by atoms with van der Waals surface area (Å²) in [6, 6.07) is 0. The highest BCUT2D eigenvalue weighted by atomic mass is 28.4. The summed E-state index contributed by atoms with van der Waals surface area (Å²) in [4.78, 5) is 9.49. The Labute approximate surface area is 58.5 Å². The van der Waals surface area contributed by atoms with Gasteiger partial charge in [-0.15, -0.1) is 0 Å². The summed E-state index contributed by atoms with van der Waals surface area (Å²) < 4.78 is 0. The van der Waals surface area contributed by atoms with E-state index in [4.69, 9.17) is 0 Å². The van der Waals surface area contributed by atoms with E-state index < -0.39 is 8.32 Å². The van der Waals surface area contributed by atoms with Crippen molar-refractivity contribution in [3.05, 3.63) is 11.3 Å². The fourth-order valence-corrected chi connectivity index (χ4v) is 1.26. The third-order valence-electron chi connectivity index (χ3n) is 1.48. The number of allylic oxidation sites excluding steroid dienone is 2. The van der Waals surface area contributed by atoms with E-state index >= 15 is 0 Å². The first-order valence-electron chi connectivity index (χ1n) is 3.38. The van der Waals surface area contributed by atoms with Crippen LogP contribution in [0.25, 0.3) is 0 Å².